The lowest BCUT2D eigenvalue weighted by Gasteiger charge is -2.14. The summed E-state index contributed by atoms with van der Waals surface area (Å²) in [6, 6.07) is 11.9. The topological polar surface area (TPSA) is 29.5 Å². The molecule has 1 unspecified atom stereocenters. The highest BCUT2D eigenvalue weighted by Crippen LogP contribution is 2.30. The highest BCUT2D eigenvalue weighted by molar-refractivity contribution is 6.31. The molecule has 2 rings (SSSR count). The van der Waals surface area contributed by atoms with Crippen LogP contribution < -0.4 is 0 Å². The maximum Gasteiger partial charge on any atom is 0.142 e. The summed E-state index contributed by atoms with van der Waals surface area (Å²) in [4.78, 5) is 0. The van der Waals surface area contributed by atoms with E-state index in [4.69, 9.17) is 16.3 Å². The van der Waals surface area contributed by atoms with Crippen LogP contribution in [0.25, 0.3) is 0 Å². The van der Waals surface area contributed by atoms with Gasteiger partial charge < -0.3 is 9.84 Å². The number of hydrogen-bond donors (Lipinski definition) is 1. The average molecular weight is 295 g/mol. The third kappa shape index (κ3) is 3.37. The summed E-state index contributed by atoms with van der Waals surface area (Å²) in [7, 11) is 1.66. The Morgan fingerprint density at radius 2 is 1.90 bits per heavy atom. The van der Waals surface area contributed by atoms with Gasteiger partial charge in [0, 0.05) is 12.7 Å². The first-order valence-corrected chi connectivity index (χ1v) is 6.71. The summed E-state index contributed by atoms with van der Waals surface area (Å²) in [5.41, 5.74) is 2.17. The van der Waals surface area contributed by atoms with E-state index in [1.165, 1.54) is 12.1 Å². The molecule has 0 bridgehead atoms. The zero-order valence-electron chi connectivity index (χ0n) is 11.1. The Kier molecular flexibility index (Phi) is 5.12. The predicted molar refractivity (Wildman–Crippen MR) is 77.5 cm³/mol. The highest BCUT2D eigenvalue weighted by atomic mass is 35.5. The summed E-state index contributed by atoms with van der Waals surface area (Å²) in [5, 5.41) is 10.2. The van der Waals surface area contributed by atoms with Crippen LogP contribution in [-0.4, -0.2) is 18.8 Å². The molecule has 4 heteroatoms. The standard InChI is InChI=1S/C16H16ClFO2/c1-20-10-9-11-5-7-12(8-6-11)16(19)13-3-2-4-14(18)15(13)17/h2-8,16,19H,9-10H2,1H3. The molecule has 0 aliphatic carbocycles. The number of aliphatic hydroxyl groups is 1. The van der Waals surface area contributed by atoms with Gasteiger partial charge >= 0.3 is 0 Å². The van der Waals surface area contributed by atoms with Crippen molar-refractivity contribution in [1.82, 2.24) is 0 Å². The van der Waals surface area contributed by atoms with Crippen LogP contribution in [0.3, 0.4) is 0 Å². The molecule has 0 saturated heterocycles. The minimum absolute atomic E-state index is 0.0385. The molecule has 0 aliphatic rings. The Hall–Kier alpha value is -1.42. The van der Waals surface area contributed by atoms with Crippen molar-refractivity contribution in [3.8, 4) is 0 Å². The number of hydrogen-bond acceptors (Lipinski definition) is 2. The van der Waals surface area contributed by atoms with Crippen LogP contribution in [-0.2, 0) is 11.2 Å². The van der Waals surface area contributed by atoms with Crippen LogP contribution in [0.2, 0.25) is 5.02 Å². The molecule has 2 nitrogen and oxygen atoms in total. The molecule has 0 aromatic heterocycles. The highest BCUT2D eigenvalue weighted by Gasteiger charge is 2.16. The fraction of sp³-hybridized carbons (Fsp3) is 0.250. The van der Waals surface area contributed by atoms with Crippen molar-refractivity contribution in [3.05, 3.63) is 70.0 Å². The van der Waals surface area contributed by atoms with Gasteiger partial charge in [-0.25, -0.2) is 4.39 Å². The molecule has 1 atom stereocenters. The number of rotatable bonds is 5. The Morgan fingerprint density at radius 3 is 2.55 bits per heavy atom. The molecule has 2 aromatic carbocycles. The summed E-state index contributed by atoms with van der Waals surface area (Å²) in [5.74, 6) is -0.528. The predicted octanol–water partition coefficient (Wildman–Crippen LogP) is 3.75. The third-order valence-corrected chi connectivity index (χ3v) is 3.57. The van der Waals surface area contributed by atoms with E-state index in [0.29, 0.717) is 17.7 Å². The minimum Gasteiger partial charge on any atom is -0.384 e. The van der Waals surface area contributed by atoms with Crippen molar-refractivity contribution in [2.75, 3.05) is 13.7 Å². The van der Waals surface area contributed by atoms with Crippen LogP contribution in [0.1, 0.15) is 22.8 Å². The second-order valence-electron chi connectivity index (χ2n) is 4.53. The van der Waals surface area contributed by atoms with Gasteiger partial charge in [-0.1, -0.05) is 48.0 Å². The van der Waals surface area contributed by atoms with Crippen molar-refractivity contribution >= 4 is 11.6 Å². The van der Waals surface area contributed by atoms with E-state index in [9.17, 15) is 9.50 Å². The molecular weight excluding hydrogens is 279 g/mol. The Labute approximate surface area is 122 Å². The molecule has 106 valence electrons. The fourth-order valence-electron chi connectivity index (χ4n) is 2.00. The van der Waals surface area contributed by atoms with Crippen molar-refractivity contribution in [2.45, 2.75) is 12.5 Å². The van der Waals surface area contributed by atoms with Gasteiger partial charge in [0.05, 0.1) is 11.6 Å². The first-order chi connectivity index (χ1) is 9.63. The van der Waals surface area contributed by atoms with Gasteiger partial charge in [-0.05, 0) is 23.6 Å². The SMILES string of the molecule is COCCc1ccc(C(O)c2cccc(F)c2Cl)cc1. The normalized spacial score (nSPS) is 12.4. The molecule has 20 heavy (non-hydrogen) atoms. The average Bonchev–Trinajstić information content (AvgIpc) is 2.48. The monoisotopic (exact) mass is 294 g/mol. The number of ether oxygens (including phenoxy) is 1. The molecule has 0 heterocycles. The summed E-state index contributed by atoms with van der Waals surface area (Å²) in [6.45, 7) is 0.650. The van der Waals surface area contributed by atoms with E-state index in [0.717, 1.165) is 12.0 Å². The van der Waals surface area contributed by atoms with Crippen LogP contribution in [0.5, 0.6) is 0 Å². The molecule has 0 radical (unpaired) electrons. The fourth-order valence-corrected chi connectivity index (χ4v) is 2.23. The zero-order valence-corrected chi connectivity index (χ0v) is 11.9. The van der Waals surface area contributed by atoms with Crippen LogP contribution >= 0.6 is 11.6 Å². The van der Waals surface area contributed by atoms with Crippen molar-refractivity contribution in [3.63, 3.8) is 0 Å². The number of halogens is 2. The molecule has 0 aliphatic heterocycles. The Balaban J connectivity index is 2.20. The van der Waals surface area contributed by atoms with Crippen molar-refractivity contribution in [1.29, 1.82) is 0 Å². The maximum atomic E-state index is 13.4. The lowest BCUT2D eigenvalue weighted by atomic mass is 9.99. The molecule has 0 saturated carbocycles. The number of benzene rings is 2. The van der Waals surface area contributed by atoms with Gasteiger partial charge in [0.1, 0.15) is 11.9 Å². The van der Waals surface area contributed by atoms with E-state index >= 15 is 0 Å². The van der Waals surface area contributed by atoms with Gasteiger partial charge in [0.25, 0.3) is 0 Å². The first-order valence-electron chi connectivity index (χ1n) is 6.33. The van der Waals surface area contributed by atoms with E-state index in [2.05, 4.69) is 0 Å². The van der Waals surface area contributed by atoms with Gasteiger partial charge in [0.15, 0.2) is 0 Å². The van der Waals surface area contributed by atoms with Crippen LogP contribution in [0, 0.1) is 5.82 Å². The third-order valence-electron chi connectivity index (χ3n) is 3.17. The van der Waals surface area contributed by atoms with Gasteiger partial charge in [0.2, 0.25) is 0 Å². The Morgan fingerprint density at radius 1 is 1.20 bits per heavy atom. The quantitative estimate of drug-likeness (QED) is 0.910. The molecule has 1 N–H and O–H groups in total. The van der Waals surface area contributed by atoms with E-state index < -0.39 is 11.9 Å². The summed E-state index contributed by atoms with van der Waals surface area (Å²) < 4.78 is 18.4. The lowest BCUT2D eigenvalue weighted by Crippen LogP contribution is -2.02. The second kappa shape index (κ2) is 6.84. The van der Waals surface area contributed by atoms with Gasteiger partial charge in [-0.15, -0.1) is 0 Å². The molecule has 0 amide bonds. The van der Waals surface area contributed by atoms with Gasteiger partial charge in [-0.2, -0.15) is 0 Å². The smallest absolute Gasteiger partial charge is 0.142 e. The zero-order chi connectivity index (χ0) is 14.5. The maximum absolute atomic E-state index is 13.4. The van der Waals surface area contributed by atoms with Crippen LogP contribution in [0.4, 0.5) is 4.39 Å². The number of aliphatic hydroxyl groups excluding tert-OH is 1. The largest absolute Gasteiger partial charge is 0.384 e. The molecule has 0 spiro atoms. The van der Waals surface area contributed by atoms with E-state index in [1.54, 1.807) is 13.2 Å². The molecule has 0 fully saturated rings. The summed E-state index contributed by atoms with van der Waals surface area (Å²) in [6.07, 6.45) is -0.122. The van der Waals surface area contributed by atoms with E-state index in [-0.39, 0.29) is 5.02 Å². The van der Waals surface area contributed by atoms with E-state index in [1.807, 2.05) is 24.3 Å². The van der Waals surface area contributed by atoms with Crippen LogP contribution in [0.15, 0.2) is 42.5 Å². The van der Waals surface area contributed by atoms with Crippen molar-refractivity contribution in [2.24, 2.45) is 0 Å². The minimum atomic E-state index is -0.935. The second-order valence-corrected chi connectivity index (χ2v) is 4.91. The number of methoxy groups -OCH3 is 1. The lowest BCUT2D eigenvalue weighted by molar-refractivity contribution is 0.202. The molecular formula is C16H16ClFO2. The first kappa shape index (κ1) is 15.0. The van der Waals surface area contributed by atoms with Crippen molar-refractivity contribution < 1.29 is 14.2 Å². The summed E-state index contributed by atoms with van der Waals surface area (Å²) >= 11 is 5.89. The van der Waals surface area contributed by atoms with Gasteiger partial charge in [-0.3, -0.25) is 0 Å². The Bertz CT molecular complexity index is 569. The molecule has 2 aromatic rings.